The first kappa shape index (κ1) is 21.8. The van der Waals surface area contributed by atoms with Gasteiger partial charge in [0.1, 0.15) is 0 Å². The number of aliphatic carboxylic acids is 1. The summed E-state index contributed by atoms with van der Waals surface area (Å²) in [6.45, 7) is 2.10. The number of ether oxygens (including phenoxy) is 2. The Morgan fingerprint density at radius 3 is 2.58 bits per heavy atom. The zero-order valence-corrected chi connectivity index (χ0v) is 18.0. The van der Waals surface area contributed by atoms with Crippen molar-refractivity contribution in [3.05, 3.63) is 83.9 Å². The van der Waals surface area contributed by atoms with Crippen LogP contribution in [0.5, 0.6) is 0 Å². The molecule has 1 aliphatic carbocycles. The summed E-state index contributed by atoms with van der Waals surface area (Å²) in [4.78, 5) is 10.7. The maximum atomic E-state index is 10.7. The van der Waals surface area contributed by atoms with Crippen LogP contribution in [-0.4, -0.2) is 30.4 Å². The van der Waals surface area contributed by atoms with Gasteiger partial charge < -0.3 is 14.6 Å². The van der Waals surface area contributed by atoms with Crippen LogP contribution in [0.15, 0.2) is 72.8 Å². The Morgan fingerprint density at radius 2 is 1.84 bits per heavy atom. The SMILES string of the molecule is O=C(O)CCC/C=C/C[C@H]1[C@H](COCc2ccccc2)C2CC1(c1ccccc1)CO2. The van der Waals surface area contributed by atoms with Crippen LogP contribution in [0.2, 0.25) is 0 Å². The minimum atomic E-state index is -0.725. The van der Waals surface area contributed by atoms with Gasteiger partial charge in [-0.2, -0.15) is 0 Å². The summed E-state index contributed by atoms with van der Waals surface area (Å²) < 4.78 is 12.4. The third-order valence-corrected chi connectivity index (χ3v) is 6.91. The lowest BCUT2D eigenvalue weighted by Crippen LogP contribution is -2.41. The van der Waals surface area contributed by atoms with Crippen molar-refractivity contribution in [2.75, 3.05) is 13.2 Å². The van der Waals surface area contributed by atoms with E-state index >= 15 is 0 Å². The van der Waals surface area contributed by atoms with Crippen molar-refractivity contribution in [2.45, 2.75) is 50.2 Å². The molecule has 164 valence electrons. The molecule has 31 heavy (non-hydrogen) atoms. The standard InChI is InChI=1S/C27H32O4/c28-26(29)16-10-2-1-9-15-24-23(19-30-18-21-11-5-3-6-12-21)25-17-27(24,20-31-25)22-13-7-4-8-14-22/h1,3-9,11-14,23-25H,2,10,15-20H2,(H,28,29)/b9-1+/t23-,24-,25?,27?/m0/s1. The molecular formula is C27H32O4. The molecule has 0 aromatic heterocycles. The highest BCUT2D eigenvalue weighted by Gasteiger charge is 2.58. The molecule has 2 aromatic carbocycles. The molecule has 2 unspecified atom stereocenters. The van der Waals surface area contributed by atoms with E-state index in [1.807, 2.05) is 18.2 Å². The predicted molar refractivity (Wildman–Crippen MR) is 121 cm³/mol. The quantitative estimate of drug-likeness (QED) is 0.392. The largest absolute Gasteiger partial charge is 0.481 e. The highest BCUT2D eigenvalue weighted by Crippen LogP contribution is 2.56. The molecule has 4 nitrogen and oxygen atoms in total. The lowest BCUT2D eigenvalue weighted by Gasteiger charge is -2.39. The zero-order chi connectivity index (χ0) is 21.5. The number of hydrogen-bond donors (Lipinski definition) is 1. The van der Waals surface area contributed by atoms with Gasteiger partial charge in [0.25, 0.3) is 0 Å². The molecule has 1 heterocycles. The topological polar surface area (TPSA) is 55.8 Å². The minimum absolute atomic E-state index is 0.0398. The van der Waals surface area contributed by atoms with Crippen molar-refractivity contribution in [1.82, 2.24) is 0 Å². The first-order valence-electron chi connectivity index (χ1n) is 11.3. The lowest BCUT2D eigenvalue weighted by molar-refractivity contribution is -0.137. The fourth-order valence-electron chi connectivity index (χ4n) is 5.36. The molecule has 1 saturated heterocycles. The summed E-state index contributed by atoms with van der Waals surface area (Å²) in [5.74, 6) is 0.0961. The molecule has 2 aliphatic rings. The summed E-state index contributed by atoms with van der Waals surface area (Å²) in [6.07, 6.45) is 8.39. The number of carboxylic acid groups (broad SMARTS) is 1. The highest BCUT2D eigenvalue weighted by atomic mass is 16.5. The predicted octanol–water partition coefficient (Wildman–Crippen LogP) is 5.38. The Morgan fingerprint density at radius 1 is 1.10 bits per heavy atom. The number of hydrogen-bond acceptors (Lipinski definition) is 3. The van der Waals surface area contributed by atoms with Crippen LogP contribution in [0.3, 0.4) is 0 Å². The molecule has 2 fully saturated rings. The third-order valence-electron chi connectivity index (χ3n) is 6.91. The molecule has 1 aliphatic heterocycles. The van der Waals surface area contributed by atoms with Gasteiger partial charge in [-0.15, -0.1) is 0 Å². The molecule has 4 heteroatoms. The number of benzene rings is 2. The lowest BCUT2D eigenvalue weighted by atomic mass is 9.69. The van der Waals surface area contributed by atoms with Crippen molar-refractivity contribution < 1.29 is 19.4 Å². The smallest absolute Gasteiger partial charge is 0.303 e. The molecule has 2 bridgehead atoms. The van der Waals surface area contributed by atoms with Crippen LogP contribution in [-0.2, 0) is 26.3 Å². The van der Waals surface area contributed by atoms with Crippen LogP contribution in [0.1, 0.15) is 43.2 Å². The molecule has 1 saturated carbocycles. The second-order valence-corrected chi connectivity index (χ2v) is 8.84. The summed E-state index contributed by atoms with van der Waals surface area (Å²) in [6, 6.07) is 21.1. The van der Waals surface area contributed by atoms with Gasteiger partial charge in [-0.05, 0) is 42.7 Å². The van der Waals surface area contributed by atoms with Crippen LogP contribution < -0.4 is 0 Å². The van der Waals surface area contributed by atoms with E-state index in [0.717, 1.165) is 25.9 Å². The second-order valence-electron chi connectivity index (χ2n) is 8.84. The number of unbranched alkanes of at least 4 members (excludes halogenated alkanes) is 1. The summed E-state index contributed by atoms with van der Waals surface area (Å²) in [5, 5.41) is 8.82. The second kappa shape index (κ2) is 10.3. The van der Waals surface area contributed by atoms with Crippen molar-refractivity contribution in [1.29, 1.82) is 0 Å². The molecule has 1 N–H and O–H groups in total. The van der Waals surface area contributed by atoms with Crippen LogP contribution in [0.25, 0.3) is 0 Å². The van der Waals surface area contributed by atoms with E-state index in [2.05, 4.69) is 54.6 Å². The fraction of sp³-hybridized carbons (Fsp3) is 0.444. The normalized spacial score (nSPS) is 27.2. The molecule has 4 rings (SSSR count). The van der Waals surface area contributed by atoms with Crippen molar-refractivity contribution >= 4 is 5.97 Å². The van der Waals surface area contributed by atoms with Gasteiger partial charge in [0.05, 0.1) is 25.9 Å². The van der Waals surface area contributed by atoms with E-state index in [1.54, 1.807) is 0 Å². The molecule has 0 spiro atoms. The Balaban J connectivity index is 1.44. The fourth-order valence-corrected chi connectivity index (χ4v) is 5.36. The molecule has 4 atom stereocenters. The average Bonchev–Trinajstić information content (AvgIpc) is 3.36. The summed E-state index contributed by atoms with van der Waals surface area (Å²) in [5.41, 5.74) is 2.60. The van der Waals surface area contributed by atoms with Gasteiger partial charge in [0, 0.05) is 17.8 Å². The molecule has 0 amide bonds. The van der Waals surface area contributed by atoms with Gasteiger partial charge >= 0.3 is 5.97 Å². The zero-order valence-electron chi connectivity index (χ0n) is 18.0. The van der Waals surface area contributed by atoms with E-state index in [0.29, 0.717) is 31.5 Å². The van der Waals surface area contributed by atoms with E-state index in [1.165, 1.54) is 11.1 Å². The maximum absolute atomic E-state index is 10.7. The van der Waals surface area contributed by atoms with E-state index in [-0.39, 0.29) is 17.9 Å². The minimum Gasteiger partial charge on any atom is -0.481 e. The van der Waals surface area contributed by atoms with E-state index < -0.39 is 5.97 Å². The Bertz CT molecular complexity index is 863. The monoisotopic (exact) mass is 420 g/mol. The van der Waals surface area contributed by atoms with Gasteiger partial charge in [-0.3, -0.25) is 4.79 Å². The molecule has 0 radical (unpaired) electrons. The molecular weight excluding hydrogens is 388 g/mol. The van der Waals surface area contributed by atoms with Gasteiger partial charge in [-0.25, -0.2) is 0 Å². The van der Waals surface area contributed by atoms with Crippen LogP contribution in [0.4, 0.5) is 0 Å². The van der Waals surface area contributed by atoms with Crippen molar-refractivity contribution in [2.24, 2.45) is 11.8 Å². The summed E-state index contributed by atoms with van der Waals surface area (Å²) in [7, 11) is 0. The van der Waals surface area contributed by atoms with Gasteiger partial charge in [0.15, 0.2) is 0 Å². The number of fused-ring (bicyclic) bond motifs is 2. The Hall–Kier alpha value is -2.43. The maximum Gasteiger partial charge on any atom is 0.303 e. The van der Waals surface area contributed by atoms with E-state index in [4.69, 9.17) is 14.6 Å². The number of allylic oxidation sites excluding steroid dienone is 2. The Kier molecular flexibility index (Phi) is 7.21. The van der Waals surface area contributed by atoms with Crippen LogP contribution in [0, 0.1) is 11.8 Å². The van der Waals surface area contributed by atoms with Crippen LogP contribution >= 0.6 is 0 Å². The highest BCUT2D eigenvalue weighted by molar-refractivity contribution is 5.66. The van der Waals surface area contributed by atoms with Crippen molar-refractivity contribution in [3.63, 3.8) is 0 Å². The number of carboxylic acids is 1. The third kappa shape index (κ3) is 5.08. The number of rotatable bonds is 11. The Labute approximate surface area is 184 Å². The average molecular weight is 421 g/mol. The first-order valence-corrected chi connectivity index (χ1v) is 11.3. The summed E-state index contributed by atoms with van der Waals surface area (Å²) >= 11 is 0. The van der Waals surface area contributed by atoms with E-state index in [9.17, 15) is 4.79 Å². The molecule has 2 aromatic rings. The first-order chi connectivity index (χ1) is 15.2. The van der Waals surface area contributed by atoms with Gasteiger partial charge in [0.2, 0.25) is 0 Å². The van der Waals surface area contributed by atoms with Gasteiger partial charge in [-0.1, -0.05) is 72.8 Å². The number of carbonyl (C=O) groups is 1. The van der Waals surface area contributed by atoms with Crippen molar-refractivity contribution in [3.8, 4) is 0 Å².